The molecule has 0 heterocycles. The topological polar surface area (TPSA) is 86.8 Å². The predicted molar refractivity (Wildman–Crippen MR) is 164 cm³/mol. The number of nitrogens with one attached hydrogen (secondary N) is 1. The molecule has 0 aromatic heterocycles. The fourth-order valence-corrected chi connectivity index (χ4v) is 6.85. The summed E-state index contributed by atoms with van der Waals surface area (Å²) in [5, 5.41) is 3.27. The van der Waals surface area contributed by atoms with E-state index in [4.69, 9.17) is 23.2 Å². The standard InChI is InChI=1S/C31H35Cl2N3O4S/c1-22-16-18-24(19-17-22)20-35(23(2)31(38)34-25-10-5-3-6-11-25)29(37)21-36(28-15-9-14-27(32)30(28)33)41(39,40)26-12-7-4-8-13-26/h4,7-9,12-19,23,25H,3,5-6,10-11,20-21H2,1-2H3,(H,34,38). The average Bonchev–Trinajstić information content (AvgIpc) is 2.97. The van der Waals surface area contributed by atoms with E-state index in [9.17, 15) is 18.0 Å². The van der Waals surface area contributed by atoms with Crippen LogP contribution in [0.1, 0.15) is 50.2 Å². The van der Waals surface area contributed by atoms with Gasteiger partial charge >= 0.3 is 0 Å². The smallest absolute Gasteiger partial charge is 0.264 e. The van der Waals surface area contributed by atoms with Gasteiger partial charge in [-0.2, -0.15) is 0 Å². The van der Waals surface area contributed by atoms with Crippen LogP contribution in [0.15, 0.2) is 77.7 Å². The summed E-state index contributed by atoms with van der Waals surface area (Å²) in [4.78, 5) is 28.9. The molecule has 4 rings (SSSR count). The lowest BCUT2D eigenvalue weighted by atomic mass is 9.95. The zero-order valence-corrected chi connectivity index (χ0v) is 25.6. The van der Waals surface area contributed by atoms with E-state index < -0.39 is 28.5 Å². The van der Waals surface area contributed by atoms with Crippen LogP contribution in [0.5, 0.6) is 0 Å². The van der Waals surface area contributed by atoms with Crippen molar-refractivity contribution in [2.45, 2.75) is 69.5 Å². The van der Waals surface area contributed by atoms with Crippen molar-refractivity contribution in [2.24, 2.45) is 0 Å². The molecule has 0 aliphatic heterocycles. The monoisotopic (exact) mass is 615 g/mol. The number of amides is 2. The Morgan fingerprint density at radius 1 is 0.927 bits per heavy atom. The number of anilines is 1. The number of aryl methyl sites for hydroxylation is 1. The van der Waals surface area contributed by atoms with Gasteiger partial charge in [-0.3, -0.25) is 13.9 Å². The van der Waals surface area contributed by atoms with Gasteiger partial charge < -0.3 is 10.2 Å². The molecule has 1 aliphatic rings. The summed E-state index contributed by atoms with van der Waals surface area (Å²) in [6.45, 7) is 3.19. The third kappa shape index (κ3) is 7.61. The molecule has 41 heavy (non-hydrogen) atoms. The predicted octanol–water partition coefficient (Wildman–Crippen LogP) is 6.36. The van der Waals surface area contributed by atoms with Crippen molar-refractivity contribution in [3.63, 3.8) is 0 Å². The lowest BCUT2D eigenvalue weighted by Crippen LogP contribution is -2.53. The third-order valence-electron chi connectivity index (χ3n) is 7.40. The number of hydrogen-bond donors (Lipinski definition) is 1. The van der Waals surface area contributed by atoms with Gasteiger partial charge in [0.25, 0.3) is 10.0 Å². The first-order valence-electron chi connectivity index (χ1n) is 13.7. The van der Waals surface area contributed by atoms with E-state index in [0.29, 0.717) is 0 Å². The maximum absolute atomic E-state index is 14.1. The van der Waals surface area contributed by atoms with Crippen LogP contribution in [0.3, 0.4) is 0 Å². The maximum atomic E-state index is 14.1. The quantitative estimate of drug-likeness (QED) is 0.287. The van der Waals surface area contributed by atoms with Crippen LogP contribution in [0.25, 0.3) is 0 Å². The van der Waals surface area contributed by atoms with E-state index in [1.165, 1.54) is 23.1 Å². The molecule has 1 unspecified atom stereocenters. The molecule has 0 bridgehead atoms. The van der Waals surface area contributed by atoms with Crippen LogP contribution in [0.4, 0.5) is 5.69 Å². The molecular formula is C31H35Cl2N3O4S. The first kappa shape index (κ1) is 30.9. The zero-order valence-electron chi connectivity index (χ0n) is 23.2. The molecule has 3 aromatic carbocycles. The summed E-state index contributed by atoms with van der Waals surface area (Å²) >= 11 is 12.7. The van der Waals surface area contributed by atoms with Crippen LogP contribution < -0.4 is 9.62 Å². The Hall–Kier alpha value is -3.07. The van der Waals surface area contributed by atoms with Gasteiger partial charge in [0.15, 0.2) is 0 Å². The Bertz CT molecular complexity index is 1460. The summed E-state index contributed by atoms with van der Waals surface area (Å²) in [6, 6.07) is 19.3. The van der Waals surface area contributed by atoms with Crippen molar-refractivity contribution in [2.75, 3.05) is 10.8 Å². The number of carbonyl (C=O) groups excluding carboxylic acids is 2. The van der Waals surface area contributed by atoms with Gasteiger partial charge in [-0.05, 0) is 56.5 Å². The molecule has 0 saturated heterocycles. The van der Waals surface area contributed by atoms with Crippen LogP contribution in [0, 0.1) is 6.92 Å². The normalized spacial score (nSPS) is 14.7. The number of halogens is 2. The van der Waals surface area contributed by atoms with Crippen molar-refractivity contribution in [1.29, 1.82) is 0 Å². The molecular weight excluding hydrogens is 581 g/mol. The number of sulfonamides is 1. The Balaban J connectivity index is 1.69. The van der Waals surface area contributed by atoms with Gasteiger partial charge in [-0.15, -0.1) is 0 Å². The molecule has 1 N–H and O–H groups in total. The van der Waals surface area contributed by atoms with E-state index in [1.807, 2.05) is 31.2 Å². The van der Waals surface area contributed by atoms with Crippen LogP contribution in [-0.2, 0) is 26.2 Å². The minimum atomic E-state index is -4.23. The average molecular weight is 617 g/mol. The lowest BCUT2D eigenvalue weighted by molar-refractivity contribution is -0.139. The largest absolute Gasteiger partial charge is 0.352 e. The first-order chi connectivity index (χ1) is 19.6. The second-order valence-corrected chi connectivity index (χ2v) is 13.1. The molecule has 1 fully saturated rings. The number of benzene rings is 3. The van der Waals surface area contributed by atoms with E-state index >= 15 is 0 Å². The number of nitrogens with zero attached hydrogens (tertiary/aromatic N) is 2. The second-order valence-electron chi connectivity index (χ2n) is 10.4. The maximum Gasteiger partial charge on any atom is 0.264 e. The summed E-state index contributed by atoms with van der Waals surface area (Å²) in [6.07, 6.45) is 5.06. The van der Waals surface area contributed by atoms with Gasteiger partial charge in [-0.25, -0.2) is 8.42 Å². The fraction of sp³-hybridized carbons (Fsp3) is 0.355. The van der Waals surface area contributed by atoms with E-state index in [-0.39, 0.29) is 39.1 Å². The first-order valence-corrected chi connectivity index (χ1v) is 15.9. The van der Waals surface area contributed by atoms with Crippen molar-refractivity contribution in [3.05, 3.63) is 94.0 Å². The minimum absolute atomic E-state index is 0.00276. The molecule has 10 heteroatoms. The number of carbonyl (C=O) groups is 2. The van der Waals surface area contributed by atoms with Gasteiger partial charge in [0.2, 0.25) is 11.8 Å². The highest BCUT2D eigenvalue weighted by molar-refractivity contribution is 7.92. The molecule has 2 amide bonds. The molecule has 0 spiro atoms. The van der Waals surface area contributed by atoms with Crippen molar-refractivity contribution in [1.82, 2.24) is 10.2 Å². The molecule has 218 valence electrons. The van der Waals surface area contributed by atoms with E-state index in [0.717, 1.165) is 47.5 Å². The van der Waals surface area contributed by atoms with Crippen molar-refractivity contribution in [3.8, 4) is 0 Å². The van der Waals surface area contributed by atoms with E-state index in [2.05, 4.69) is 5.32 Å². The summed E-state index contributed by atoms with van der Waals surface area (Å²) in [5.74, 6) is -0.817. The lowest BCUT2D eigenvalue weighted by Gasteiger charge is -2.33. The molecule has 1 atom stereocenters. The van der Waals surface area contributed by atoms with Gasteiger partial charge in [0, 0.05) is 12.6 Å². The second kappa shape index (κ2) is 13.7. The Labute approximate surface area is 252 Å². The molecule has 1 saturated carbocycles. The third-order valence-corrected chi connectivity index (χ3v) is 9.99. The summed E-state index contributed by atoms with van der Waals surface area (Å²) in [7, 11) is -4.23. The van der Waals surface area contributed by atoms with Crippen molar-refractivity contribution < 1.29 is 18.0 Å². The van der Waals surface area contributed by atoms with Crippen LogP contribution in [-0.4, -0.2) is 43.8 Å². The Morgan fingerprint density at radius 3 is 2.24 bits per heavy atom. The molecule has 1 aliphatic carbocycles. The zero-order chi connectivity index (χ0) is 29.6. The van der Waals surface area contributed by atoms with Crippen LogP contribution in [0.2, 0.25) is 10.0 Å². The minimum Gasteiger partial charge on any atom is -0.352 e. The summed E-state index contributed by atoms with van der Waals surface area (Å²) in [5.41, 5.74) is 1.95. The van der Waals surface area contributed by atoms with Gasteiger partial charge in [-0.1, -0.05) is 96.6 Å². The van der Waals surface area contributed by atoms with Crippen molar-refractivity contribution >= 4 is 50.7 Å². The Morgan fingerprint density at radius 2 is 1.59 bits per heavy atom. The molecule has 3 aromatic rings. The fourth-order valence-electron chi connectivity index (χ4n) is 4.96. The molecule has 0 radical (unpaired) electrons. The highest BCUT2D eigenvalue weighted by atomic mass is 35.5. The highest BCUT2D eigenvalue weighted by Gasteiger charge is 2.34. The summed E-state index contributed by atoms with van der Waals surface area (Å²) < 4.78 is 28.7. The Kier molecular flexibility index (Phi) is 10.3. The van der Waals surface area contributed by atoms with E-state index in [1.54, 1.807) is 37.3 Å². The highest BCUT2D eigenvalue weighted by Crippen LogP contribution is 2.35. The van der Waals surface area contributed by atoms with Crippen LogP contribution >= 0.6 is 23.2 Å². The SMILES string of the molecule is Cc1ccc(CN(C(=O)CN(c2cccc(Cl)c2Cl)S(=O)(=O)c2ccccc2)C(C)C(=O)NC2CCCCC2)cc1. The number of rotatable bonds is 10. The molecule has 7 nitrogen and oxygen atoms in total. The number of hydrogen-bond acceptors (Lipinski definition) is 4. The van der Waals surface area contributed by atoms with Gasteiger partial charge in [0.1, 0.15) is 12.6 Å². The van der Waals surface area contributed by atoms with Gasteiger partial charge in [0.05, 0.1) is 20.6 Å².